The molecule has 4 N–H and O–H groups in total. The van der Waals surface area contributed by atoms with Crippen molar-refractivity contribution in [2.24, 2.45) is 5.73 Å². The van der Waals surface area contributed by atoms with Gasteiger partial charge >= 0.3 is 0 Å². The van der Waals surface area contributed by atoms with Crippen LogP contribution in [0, 0.1) is 9.39 Å². The van der Waals surface area contributed by atoms with Gasteiger partial charge in [-0.1, -0.05) is 12.1 Å². The first-order valence-electron chi connectivity index (χ1n) is 5.56. The molecule has 100 valence electrons. The Labute approximate surface area is 122 Å². The maximum absolute atomic E-state index is 13.7. The van der Waals surface area contributed by atoms with E-state index in [0.717, 1.165) is 5.56 Å². The third-order valence-corrected chi connectivity index (χ3v) is 3.60. The van der Waals surface area contributed by atoms with Gasteiger partial charge in [0, 0.05) is 18.7 Å². The van der Waals surface area contributed by atoms with Gasteiger partial charge in [-0.25, -0.2) is 9.37 Å². The summed E-state index contributed by atoms with van der Waals surface area (Å²) in [6.45, 7) is 0.557. The molecule has 1 aromatic carbocycles. The van der Waals surface area contributed by atoms with Crippen LogP contribution in [0.3, 0.4) is 0 Å². The quantitative estimate of drug-likeness (QED) is 0.710. The predicted octanol–water partition coefficient (Wildman–Crippen LogP) is 1.58. The van der Waals surface area contributed by atoms with Crippen molar-refractivity contribution in [2.45, 2.75) is 13.1 Å². The van der Waals surface area contributed by atoms with E-state index in [-0.39, 0.29) is 17.9 Å². The lowest BCUT2D eigenvalue weighted by molar-refractivity contribution is 0.610. The molecule has 0 saturated carbocycles. The van der Waals surface area contributed by atoms with Gasteiger partial charge in [0.25, 0.3) is 5.56 Å². The van der Waals surface area contributed by atoms with Gasteiger partial charge in [0.15, 0.2) is 0 Å². The predicted molar refractivity (Wildman–Crippen MR) is 79.2 cm³/mol. The van der Waals surface area contributed by atoms with Gasteiger partial charge in [0.2, 0.25) is 0 Å². The Bertz CT molecular complexity index is 644. The maximum Gasteiger partial charge on any atom is 0.266 e. The van der Waals surface area contributed by atoms with E-state index >= 15 is 0 Å². The summed E-state index contributed by atoms with van der Waals surface area (Å²) in [6, 6.07) is 4.86. The lowest BCUT2D eigenvalue weighted by Gasteiger charge is -2.08. The van der Waals surface area contributed by atoms with Gasteiger partial charge in [-0.15, -0.1) is 0 Å². The highest BCUT2D eigenvalue weighted by molar-refractivity contribution is 14.1. The fourth-order valence-corrected chi connectivity index (χ4v) is 2.03. The molecule has 0 amide bonds. The van der Waals surface area contributed by atoms with E-state index in [4.69, 9.17) is 5.73 Å². The van der Waals surface area contributed by atoms with Crippen molar-refractivity contribution in [1.29, 1.82) is 0 Å². The van der Waals surface area contributed by atoms with Gasteiger partial charge in [-0.2, -0.15) is 0 Å². The second-order valence-electron chi connectivity index (χ2n) is 3.88. The summed E-state index contributed by atoms with van der Waals surface area (Å²) in [5.41, 5.74) is 6.45. The number of halogens is 2. The molecule has 0 unspecified atom stereocenters. The molecule has 0 fully saturated rings. The second kappa shape index (κ2) is 6.11. The third kappa shape index (κ3) is 3.29. The molecular weight excluding hydrogens is 362 g/mol. The van der Waals surface area contributed by atoms with Crippen molar-refractivity contribution in [3.8, 4) is 0 Å². The molecular formula is C12H12FIN4O. The first kappa shape index (κ1) is 13.9. The Morgan fingerprint density at radius 3 is 2.95 bits per heavy atom. The third-order valence-electron chi connectivity index (χ3n) is 2.60. The summed E-state index contributed by atoms with van der Waals surface area (Å²) in [5.74, 6) is 0.113. The van der Waals surface area contributed by atoms with Crippen LogP contribution in [0.15, 0.2) is 29.3 Å². The molecule has 0 radical (unpaired) electrons. The number of aromatic amines is 1. The Balaban J connectivity index is 2.14. The van der Waals surface area contributed by atoms with Gasteiger partial charge < -0.3 is 16.0 Å². The van der Waals surface area contributed by atoms with Gasteiger partial charge in [0.1, 0.15) is 15.2 Å². The average Bonchev–Trinajstić information content (AvgIpc) is 2.41. The van der Waals surface area contributed by atoms with Crippen molar-refractivity contribution in [2.75, 3.05) is 5.32 Å². The topological polar surface area (TPSA) is 83.8 Å². The standard InChI is InChI=1S/C12H12FIN4O/c13-9-3-7(4-15)1-2-8(9)5-16-11-10(14)12(19)18-6-17-11/h1-3,6H,4-5,15H2,(H2,16,17,18,19). The van der Waals surface area contributed by atoms with Crippen LogP contribution in [0.25, 0.3) is 0 Å². The molecule has 0 aliphatic rings. The average molecular weight is 374 g/mol. The Hall–Kier alpha value is -1.48. The largest absolute Gasteiger partial charge is 0.365 e. The van der Waals surface area contributed by atoms with Crippen molar-refractivity contribution in [3.05, 3.63) is 55.4 Å². The zero-order valence-electron chi connectivity index (χ0n) is 9.91. The normalized spacial score (nSPS) is 10.5. The molecule has 1 heterocycles. The molecule has 0 saturated heterocycles. The second-order valence-corrected chi connectivity index (χ2v) is 4.96. The van der Waals surface area contributed by atoms with E-state index in [1.165, 1.54) is 12.4 Å². The van der Waals surface area contributed by atoms with E-state index in [1.807, 2.05) is 22.6 Å². The zero-order valence-corrected chi connectivity index (χ0v) is 12.1. The molecule has 0 aliphatic carbocycles. The summed E-state index contributed by atoms with van der Waals surface area (Å²) in [5, 5.41) is 2.94. The summed E-state index contributed by atoms with van der Waals surface area (Å²) in [7, 11) is 0. The number of nitrogens with one attached hydrogen (secondary N) is 2. The highest BCUT2D eigenvalue weighted by Crippen LogP contribution is 2.14. The SMILES string of the molecule is NCc1ccc(CNc2nc[nH]c(=O)c2I)c(F)c1. The van der Waals surface area contributed by atoms with Crippen LogP contribution in [0.2, 0.25) is 0 Å². The number of hydrogen-bond acceptors (Lipinski definition) is 4. The number of rotatable bonds is 4. The number of anilines is 1. The van der Waals surface area contributed by atoms with Crippen LogP contribution in [-0.2, 0) is 13.1 Å². The minimum Gasteiger partial charge on any atom is -0.365 e. The van der Waals surface area contributed by atoms with E-state index < -0.39 is 0 Å². The highest BCUT2D eigenvalue weighted by Gasteiger charge is 2.07. The molecule has 0 spiro atoms. The van der Waals surface area contributed by atoms with Crippen LogP contribution in [0.4, 0.5) is 10.2 Å². The maximum atomic E-state index is 13.7. The minimum atomic E-state index is -0.324. The molecule has 0 atom stereocenters. The minimum absolute atomic E-state index is 0.225. The number of H-pyrrole nitrogens is 1. The molecule has 1 aromatic heterocycles. The van der Waals surface area contributed by atoms with Gasteiger partial charge in [-0.05, 0) is 34.2 Å². The molecule has 0 bridgehead atoms. The first-order chi connectivity index (χ1) is 9.11. The van der Waals surface area contributed by atoms with E-state index in [0.29, 0.717) is 21.5 Å². The molecule has 5 nitrogen and oxygen atoms in total. The Morgan fingerprint density at radius 2 is 2.26 bits per heavy atom. The van der Waals surface area contributed by atoms with Crippen molar-refractivity contribution in [1.82, 2.24) is 9.97 Å². The van der Waals surface area contributed by atoms with Gasteiger partial charge in [0.05, 0.1) is 6.33 Å². The van der Waals surface area contributed by atoms with Crippen LogP contribution < -0.4 is 16.6 Å². The summed E-state index contributed by atoms with van der Waals surface area (Å²) >= 11 is 1.89. The molecule has 2 rings (SSSR count). The lowest BCUT2D eigenvalue weighted by Crippen LogP contribution is -2.15. The smallest absolute Gasteiger partial charge is 0.266 e. The summed E-state index contributed by atoms with van der Waals surface area (Å²) < 4.78 is 14.2. The van der Waals surface area contributed by atoms with Crippen LogP contribution in [-0.4, -0.2) is 9.97 Å². The first-order valence-corrected chi connectivity index (χ1v) is 6.64. The van der Waals surface area contributed by atoms with E-state index in [1.54, 1.807) is 12.1 Å². The molecule has 0 aliphatic heterocycles. The summed E-state index contributed by atoms with van der Waals surface area (Å²) in [4.78, 5) is 17.8. The molecule has 7 heteroatoms. The molecule has 2 aromatic rings. The lowest BCUT2D eigenvalue weighted by atomic mass is 10.1. The number of benzene rings is 1. The summed E-state index contributed by atoms with van der Waals surface area (Å²) in [6.07, 6.45) is 1.31. The van der Waals surface area contributed by atoms with Gasteiger partial charge in [-0.3, -0.25) is 4.79 Å². The Morgan fingerprint density at radius 1 is 1.47 bits per heavy atom. The number of nitrogens with zero attached hydrogens (tertiary/aromatic N) is 1. The highest BCUT2D eigenvalue weighted by atomic mass is 127. The zero-order chi connectivity index (χ0) is 13.8. The number of aromatic nitrogens is 2. The van der Waals surface area contributed by atoms with E-state index in [9.17, 15) is 9.18 Å². The fraction of sp³-hybridized carbons (Fsp3) is 0.167. The van der Waals surface area contributed by atoms with Crippen molar-refractivity contribution in [3.63, 3.8) is 0 Å². The Kier molecular flexibility index (Phi) is 4.48. The molecule has 19 heavy (non-hydrogen) atoms. The van der Waals surface area contributed by atoms with Crippen molar-refractivity contribution < 1.29 is 4.39 Å². The van der Waals surface area contributed by atoms with E-state index in [2.05, 4.69) is 15.3 Å². The van der Waals surface area contributed by atoms with Crippen LogP contribution in [0.5, 0.6) is 0 Å². The number of nitrogens with two attached hydrogens (primary N) is 1. The number of hydrogen-bond donors (Lipinski definition) is 3. The monoisotopic (exact) mass is 374 g/mol. The van der Waals surface area contributed by atoms with Crippen LogP contribution in [0.1, 0.15) is 11.1 Å². The van der Waals surface area contributed by atoms with Crippen molar-refractivity contribution >= 4 is 28.4 Å². The fourth-order valence-electron chi connectivity index (χ4n) is 1.55. The van der Waals surface area contributed by atoms with Crippen LogP contribution >= 0.6 is 22.6 Å².